The number of fused-ring (bicyclic) bond motifs is 1. The molecular formula is C15H13ClN2O2S2. The second kappa shape index (κ2) is 5.95. The Bertz CT molecular complexity index is 730. The van der Waals surface area contributed by atoms with E-state index >= 15 is 0 Å². The van der Waals surface area contributed by atoms with Crippen molar-refractivity contribution in [1.29, 1.82) is 0 Å². The van der Waals surface area contributed by atoms with Crippen LogP contribution < -0.4 is 9.64 Å². The van der Waals surface area contributed by atoms with Crippen molar-refractivity contribution in [3.05, 3.63) is 46.2 Å². The van der Waals surface area contributed by atoms with Crippen LogP contribution in [-0.2, 0) is 4.79 Å². The molecule has 4 nitrogen and oxygen atoms in total. The summed E-state index contributed by atoms with van der Waals surface area (Å²) in [5.41, 5.74) is 0.967. The van der Waals surface area contributed by atoms with Crippen molar-refractivity contribution in [2.75, 3.05) is 18.5 Å². The molecule has 0 spiro atoms. The summed E-state index contributed by atoms with van der Waals surface area (Å²) in [4.78, 5) is 16.1. The third kappa shape index (κ3) is 2.62. The maximum Gasteiger partial charge on any atom is 0.265 e. The molecule has 0 unspecified atom stereocenters. The van der Waals surface area contributed by atoms with Gasteiger partial charge in [-0.2, -0.15) is 0 Å². The lowest BCUT2D eigenvalue weighted by Gasteiger charge is -2.14. The van der Waals surface area contributed by atoms with Crippen LogP contribution in [0.15, 0.2) is 41.1 Å². The standard InChI is InChI=1S/C15H13ClN2O2S2/c1-3-18-10-5-4-9(16)8-11(10)20-13(18)7-6-12-14(19)17(2)15(21)22-12/h4-8H,3H2,1-2H3. The molecule has 0 radical (unpaired) electrons. The first-order valence-electron chi connectivity index (χ1n) is 6.68. The van der Waals surface area contributed by atoms with Crippen molar-refractivity contribution < 1.29 is 9.53 Å². The van der Waals surface area contributed by atoms with Crippen molar-refractivity contribution in [2.24, 2.45) is 0 Å². The molecule has 22 heavy (non-hydrogen) atoms. The molecular weight excluding hydrogens is 340 g/mol. The highest BCUT2D eigenvalue weighted by Crippen LogP contribution is 2.40. The molecule has 0 aromatic heterocycles. The minimum absolute atomic E-state index is 0.0894. The van der Waals surface area contributed by atoms with Crippen molar-refractivity contribution in [3.63, 3.8) is 0 Å². The molecule has 0 atom stereocenters. The van der Waals surface area contributed by atoms with Gasteiger partial charge in [0.1, 0.15) is 4.32 Å². The van der Waals surface area contributed by atoms with Crippen molar-refractivity contribution in [1.82, 2.24) is 4.90 Å². The SMILES string of the molecule is CCN1C(=CC=C2SC(=S)N(C)C2=O)Oc2cc(Cl)ccc21. The number of anilines is 1. The van der Waals surface area contributed by atoms with Gasteiger partial charge in [-0.25, -0.2) is 0 Å². The molecule has 1 saturated heterocycles. The summed E-state index contributed by atoms with van der Waals surface area (Å²) < 4.78 is 6.39. The number of benzene rings is 1. The van der Waals surface area contributed by atoms with E-state index in [0.29, 0.717) is 20.1 Å². The van der Waals surface area contributed by atoms with Gasteiger partial charge in [-0.3, -0.25) is 9.69 Å². The summed E-state index contributed by atoms with van der Waals surface area (Å²) in [5.74, 6) is 1.30. The lowest BCUT2D eigenvalue weighted by atomic mass is 10.3. The highest BCUT2D eigenvalue weighted by Gasteiger charge is 2.29. The summed E-state index contributed by atoms with van der Waals surface area (Å²) in [6.45, 7) is 2.79. The van der Waals surface area contributed by atoms with E-state index < -0.39 is 0 Å². The quantitative estimate of drug-likeness (QED) is 0.597. The number of thiocarbonyl (C=S) groups is 1. The molecule has 3 rings (SSSR count). The van der Waals surface area contributed by atoms with Gasteiger partial charge in [0.05, 0.1) is 10.6 Å². The fourth-order valence-electron chi connectivity index (χ4n) is 2.24. The Labute approximate surface area is 143 Å². The van der Waals surface area contributed by atoms with E-state index in [9.17, 15) is 4.79 Å². The average Bonchev–Trinajstić information content (AvgIpc) is 2.96. The molecule has 0 N–H and O–H groups in total. The maximum absolute atomic E-state index is 12.0. The molecule has 0 bridgehead atoms. The van der Waals surface area contributed by atoms with Gasteiger partial charge < -0.3 is 9.64 Å². The van der Waals surface area contributed by atoms with Crippen LogP contribution >= 0.6 is 35.6 Å². The Balaban J connectivity index is 1.90. The number of thioether (sulfide) groups is 1. The number of amides is 1. The number of hydrogen-bond acceptors (Lipinski definition) is 5. The normalized spacial score (nSPS) is 21.0. The van der Waals surface area contributed by atoms with E-state index in [4.69, 9.17) is 28.6 Å². The van der Waals surface area contributed by atoms with Gasteiger partial charge in [-0.05, 0) is 25.1 Å². The molecule has 1 amide bonds. The van der Waals surface area contributed by atoms with Gasteiger partial charge in [0, 0.05) is 30.8 Å². The van der Waals surface area contributed by atoms with Crippen molar-refractivity contribution >= 4 is 51.5 Å². The second-order valence-electron chi connectivity index (χ2n) is 4.73. The van der Waals surface area contributed by atoms with Crippen molar-refractivity contribution in [3.8, 4) is 5.75 Å². The van der Waals surface area contributed by atoms with Crippen molar-refractivity contribution in [2.45, 2.75) is 6.92 Å². The van der Waals surface area contributed by atoms with Crippen LogP contribution in [0.3, 0.4) is 0 Å². The third-order valence-electron chi connectivity index (χ3n) is 3.37. The Morgan fingerprint density at radius 3 is 2.82 bits per heavy atom. The molecule has 1 aromatic carbocycles. The Morgan fingerprint density at radius 1 is 1.41 bits per heavy atom. The monoisotopic (exact) mass is 352 g/mol. The van der Waals surface area contributed by atoms with Crippen LogP contribution in [0.1, 0.15) is 6.92 Å². The fraction of sp³-hybridized carbons (Fsp3) is 0.200. The molecule has 1 fully saturated rings. The van der Waals surface area contributed by atoms with Crippen LogP contribution in [0.5, 0.6) is 5.75 Å². The maximum atomic E-state index is 12.0. The van der Waals surface area contributed by atoms with Crippen LogP contribution in [0.4, 0.5) is 5.69 Å². The Morgan fingerprint density at radius 2 is 2.18 bits per heavy atom. The zero-order valence-electron chi connectivity index (χ0n) is 12.0. The molecule has 2 aliphatic heterocycles. The fourth-order valence-corrected chi connectivity index (χ4v) is 3.52. The molecule has 1 aromatic rings. The first-order valence-corrected chi connectivity index (χ1v) is 8.28. The Hall–Kier alpha value is -1.50. The van der Waals surface area contributed by atoms with Crippen LogP contribution in [-0.4, -0.2) is 28.7 Å². The summed E-state index contributed by atoms with van der Waals surface area (Å²) in [6.07, 6.45) is 3.54. The van der Waals surface area contributed by atoms with E-state index in [0.717, 1.165) is 18.0 Å². The van der Waals surface area contributed by atoms with Gasteiger partial charge in [0.15, 0.2) is 5.75 Å². The summed E-state index contributed by atoms with van der Waals surface area (Å²) in [6, 6.07) is 5.54. The first-order chi connectivity index (χ1) is 10.5. The lowest BCUT2D eigenvalue weighted by molar-refractivity contribution is -0.121. The largest absolute Gasteiger partial charge is 0.439 e. The number of carbonyl (C=O) groups is 1. The molecule has 2 aliphatic rings. The molecule has 0 saturated carbocycles. The number of hydrogen-bond donors (Lipinski definition) is 0. The topological polar surface area (TPSA) is 32.8 Å². The van der Waals surface area contributed by atoms with Gasteiger partial charge in [-0.15, -0.1) is 0 Å². The second-order valence-corrected chi connectivity index (χ2v) is 6.84. The van der Waals surface area contributed by atoms with Gasteiger partial charge in [0.25, 0.3) is 5.91 Å². The number of ether oxygens (including phenoxy) is 1. The zero-order valence-corrected chi connectivity index (χ0v) is 14.4. The van der Waals surface area contributed by atoms with Gasteiger partial charge in [-0.1, -0.05) is 35.6 Å². The van der Waals surface area contributed by atoms with E-state index in [1.807, 2.05) is 24.0 Å². The van der Waals surface area contributed by atoms with Gasteiger partial charge in [0.2, 0.25) is 5.88 Å². The molecule has 0 aliphatic carbocycles. The van der Waals surface area contributed by atoms with Gasteiger partial charge >= 0.3 is 0 Å². The number of rotatable bonds is 2. The number of halogens is 1. The number of carbonyl (C=O) groups excluding carboxylic acids is 1. The summed E-state index contributed by atoms with van der Waals surface area (Å²) in [5, 5.41) is 0.628. The van der Waals surface area contributed by atoms with Crippen LogP contribution in [0.2, 0.25) is 5.02 Å². The first kappa shape index (κ1) is 15.4. The average molecular weight is 353 g/mol. The van der Waals surface area contributed by atoms with E-state index in [-0.39, 0.29) is 5.91 Å². The predicted molar refractivity (Wildman–Crippen MR) is 94.2 cm³/mol. The van der Waals surface area contributed by atoms with E-state index in [2.05, 4.69) is 0 Å². The number of allylic oxidation sites excluding steroid dienone is 2. The Kier molecular flexibility index (Phi) is 4.16. The minimum Gasteiger partial charge on any atom is -0.439 e. The molecule has 2 heterocycles. The smallest absolute Gasteiger partial charge is 0.265 e. The lowest BCUT2D eigenvalue weighted by Crippen LogP contribution is -2.22. The zero-order chi connectivity index (χ0) is 15.9. The summed E-state index contributed by atoms with van der Waals surface area (Å²) >= 11 is 12.4. The highest BCUT2D eigenvalue weighted by molar-refractivity contribution is 8.26. The predicted octanol–water partition coefficient (Wildman–Crippen LogP) is 3.77. The summed E-state index contributed by atoms with van der Waals surface area (Å²) in [7, 11) is 1.67. The third-order valence-corrected chi connectivity index (χ3v) is 5.11. The van der Waals surface area contributed by atoms with E-state index in [1.165, 1.54) is 16.7 Å². The van der Waals surface area contributed by atoms with Crippen LogP contribution in [0.25, 0.3) is 0 Å². The minimum atomic E-state index is -0.0894. The molecule has 114 valence electrons. The number of nitrogens with zero attached hydrogens (tertiary/aromatic N) is 2. The molecule has 7 heteroatoms. The van der Waals surface area contributed by atoms with E-state index in [1.54, 1.807) is 25.3 Å². The number of likely N-dealkylation sites (N-methyl/N-ethyl adjacent to an activating group) is 1. The van der Waals surface area contributed by atoms with Crippen LogP contribution in [0, 0.1) is 0 Å². The highest BCUT2D eigenvalue weighted by atomic mass is 35.5.